The third-order valence-electron chi connectivity index (χ3n) is 6.97. The molecule has 3 heterocycles. The summed E-state index contributed by atoms with van der Waals surface area (Å²) < 4.78 is 27.9. The van der Waals surface area contributed by atoms with Gasteiger partial charge in [-0.3, -0.25) is 4.79 Å². The summed E-state index contributed by atoms with van der Waals surface area (Å²) in [4.78, 5) is 15.7. The lowest BCUT2D eigenvalue weighted by Gasteiger charge is -2.34. The van der Waals surface area contributed by atoms with Gasteiger partial charge >= 0.3 is 0 Å². The Hall–Kier alpha value is -1.70. The summed E-state index contributed by atoms with van der Waals surface area (Å²) in [6.07, 6.45) is 6.40. The van der Waals surface area contributed by atoms with Crippen molar-refractivity contribution < 1.29 is 13.2 Å². The average molecular weight is 445 g/mol. The van der Waals surface area contributed by atoms with Crippen LogP contribution in [-0.4, -0.2) is 43.2 Å². The van der Waals surface area contributed by atoms with Crippen molar-refractivity contribution in [2.75, 3.05) is 19.6 Å². The van der Waals surface area contributed by atoms with E-state index in [2.05, 4.69) is 16.8 Å². The van der Waals surface area contributed by atoms with Gasteiger partial charge in [-0.05, 0) is 90.6 Å². The highest BCUT2D eigenvalue weighted by Crippen LogP contribution is 2.36. The largest absolute Gasteiger partial charge is 0.335 e. The Kier molecular flexibility index (Phi) is 5.45. The van der Waals surface area contributed by atoms with Gasteiger partial charge in [-0.25, -0.2) is 8.42 Å². The molecule has 0 N–H and O–H groups in total. The van der Waals surface area contributed by atoms with Crippen LogP contribution in [0.15, 0.2) is 39.9 Å². The fraction of sp³-hybridized carbons (Fsp3) is 0.522. The molecule has 0 saturated carbocycles. The molecular weight excluding hydrogens is 416 g/mol. The standard InChI is InChI=1S/C23H28N2O3S2/c26-23(25-11-2-5-22(25)20-10-14-29-16-20)18-8-12-24(13-9-18)30(27,28)21-7-6-17-3-1-4-19(17)15-21/h6-7,10,14-16,18,22H,1-5,8-9,11-13H2. The van der Waals surface area contributed by atoms with E-state index in [1.165, 1.54) is 16.7 Å². The van der Waals surface area contributed by atoms with E-state index in [0.717, 1.165) is 38.6 Å². The van der Waals surface area contributed by atoms with Gasteiger partial charge in [0.1, 0.15) is 0 Å². The van der Waals surface area contributed by atoms with Gasteiger partial charge in [0.2, 0.25) is 15.9 Å². The summed E-state index contributed by atoms with van der Waals surface area (Å²) >= 11 is 1.67. The van der Waals surface area contributed by atoms with Crippen LogP contribution in [-0.2, 0) is 27.7 Å². The van der Waals surface area contributed by atoms with Gasteiger partial charge in [0.15, 0.2) is 0 Å². The Bertz CT molecular complexity index is 1020. The number of sulfonamides is 1. The average Bonchev–Trinajstić information content (AvgIpc) is 3.53. The van der Waals surface area contributed by atoms with Crippen molar-refractivity contribution in [2.24, 2.45) is 5.92 Å². The van der Waals surface area contributed by atoms with Crippen molar-refractivity contribution in [1.29, 1.82) is 0 Å². The molecule has 2 aromatic rings. The minimum atomic E-state index is -3.49. The zero-order valence-corrected chi connectivity index (χ0v) is 18.8. The van der Waals surface area contributed by atoms with E-state index in [0.29, 0.717) is 30.8 Å². The summed E-state index contributed by atoms with van der Waals surface area (Å²) in [6, 6.07) is 7.91. The van der Waals surface area contributed by atoms with E-state index in [1.54, 1.807) is 21.7 Å². The Labute approximate surface area is 182 Å². The Morgan fingerprint density at radius 2 is 1.77 bits per heavy atom. The van der Waals surface area contributed by atoms with Gasteiger partial charge in [-0.1, -0.05) is 6.07 Å². The van der Waals surface area contributed by atoms with Gasteiger partial charge in [0, 0.05) is 25.6 Å². The number of carbonyl (C=O) groups excluding carboxylic acids is 1. The summed E-state index contributed by atoms with van der Waals surface area (Å²) in [5.74, 6) is 0.133. The minimum Gasteiger partial charge on any atom is -0.335 e. The number of likely N-dealkylation sites (tertiary alicyclic amines) is 1. The van der Waals surface area contributed by atoms with Crippen LogP contribution in [0, 0.1) is 5.92 Å². The van der Waals surface area contributed by atoms with Gasteiger partial charge in [0.05, 0.1) is 10.9 Å². The normalized spacial score (nSPS) is 23.1. The highest BCUT2D eigenvalue weighted by molar-refractivity contribution is 7.89. The molecule has 3 aliphatic rings. The monoisotopic (exact) mass is 444 g/mol. The lowest BCUT2D eigenvalue weighted by Crippen LogP contribution is -2.44. The van der Waals surface area contributed by atoms with E-state index in [-0.39, 0.29) is 17.9 Å². The Morgan fingerprint density at radius 3 is 2.53 bits per heavy atom. The second kappa shape index (κ2) is 8.09. The number of benzene rings is 1. The molecule has 30 heavy (non-hydrogen) atoms. The number of rotatable bonds is 4. The Morgan fingerprint density at radius 1 is 0.967 bits per heavy atom. The highest BCUT2D eigenvalue weighted by Gasteiger charge is 2.37. The molecule has 1 atom stereocenters. The lowest BCUT2D eigenvalue weighted by molar-refractivity contribution is -0.137. The molecule has 5 rings (SSSR count). The molecule has 5 nitrogen and oxygen atoms in total. The summed E-state index contributed by atoms with van der Waals surface area (Å²) in [5, 5.41) is 4.21. The molecular formula is C23H28N2O3S2. The van der Waals surface area contributed by atoms with Crippen LogP contribution in [0.2, 0.25) is 0 Å². The van der Waals surface area contributed by atoms with Crippen LogP contribution in [0.25, 0.3) is 0 Å². The number of hydrogen-bond acceptors (Lipinski definition) is 4. The maximum atomic E-state index is 13.2. The highest BCUT2D eigenvalue weighted by atomic mass is 32.2. The molecule has 1 aromatic heterocycles. The molecule has 2 fully saturated rings. The smallest absolute Gasteiger partial charge is 0.243 e. The molecule has 7 heteroatoms. The molecule has 1 unspecified atom stereocenters. The predicted molar refractivity (Wildman–Crippen MR) is 118 cm³/mol. The van der Waals surface area contributed by atoms with E-state index >= 15 is 0 Å². The Balaban J connectivity index is 1.25. The first-order chi connectivity index (χ1) is 14.5. The zero-order valence-electron chi connectivity index (χ0n) is 17.1. The summed E-state index contributed by atoms with van der Waals surface area (Å²) in [7, 11) is -3.49. The van der Waals surface area contributed by atoms with Crippen LogP contribution in [0.5, 0.6) is 0 Å². The van der Waals surface area contributed by atoms with Crippen LogP contribution >= 0.6 is 11.3 Å². The minimum absolute atomic E-state index is 0.0734. The van der Waals surface area contributed by atoms with Gasteiger partial charge in [-0.15, -0.1) is 0 Å². The SMILES string of the molecule is O=C(C1CCN(S(=O)(=O)c2ccc3c(c2)CCC3)CC1)N1CCCC1c1ccsc1. The third-order valence-corrected chi connectivity index (χ3v) is 9.57. The van der Waals surface area contributed by atoms with Gasteiger partial charge in [0.25, 0.3) is 0 Å². The van der Waals surface area contributed by atoms with Crippen molar-refractivity contribution in [3.05, 3.63) is 51.7 Å². The number of thiophene rings is 1. The van der Waals surface area contributed by atoms with Crippen molar-refractivity contribution in [3.8, 4) is 0 Å². The predicted octanol–water partition coefficient (Wildman–Crippen LogP) is 4.00. The van der Waals surface area contributed by atoms with E-state index in [4.69, 9.17) is 0 Å². The number of aryl methyl sites for hydroxylation is 2. The number of hydrogen-bond donors (Lipinski definition) is 0. The van der Waals surface area contributed by atoms with Crippen LogP contribution in [0.4, 0.5) is 0 Å². The first-order valence-electron chi connectivity index (χ1n) is 11.0. The van der Waals surface area contributed by atoms with Crippen LogP contribution in [0.3, 0.4) is 0 Å². The molecule has 1 aromatic carbocycles. The summed E-state index contributed by atoms with van der Waals surface area (Å²) in [6.45, 7) is 1.66. The fourth-order valence-corrected chi connectivity index (χ4v) is 7.50. The second-order valence-electron chi connectivity index (χ2n) is 8.71. The zero-order chi connectivity index (χ0) is 20.7. The number of carbonyl (C=O) groups is 1. The first kappa shape index (κ1) is 20.2. The first-order valence-corrected chi connectivity index (χ1v) is 13.4. The maximum absolute atomic E-state index is 13.2. The molecule has 1 amide bonds. The van der Waals surface area contributed by atoms with E-state index in [9.17, 15) is 13.2 Å². The van der Waals surface area contributed by atoms with Crippen molar-refractivity contribution in [3.63, 3.8) is 0 Å². The molecule has 160 valence electrons. The maximum Gasteiger partial charge on any atom is 0.243 e. The van der Waals surface area contributed by atoms with E-state index in [1.807, 2.05) is 17.0 Å². The molecule has 2 saturated heterocycles. The molecule has 0 bridgehead atoms. The molecule has 2 aliphatic heterocycles. The van der Waals surface area contributed by atoms with Crippen molar-refractivity contribution >= 4 is 27.3 Å². The summed E-state index contributed by atoms with van der Waals surface area (Å²) in [5.41, 5.74) is 3.70. The third kappa shape index (κ3) is 3.61. The van der Waals surface area contributed by atoms with Gasteiger partial charge < -0.3 is 4.90 Å². The van der Waals surface area contributed by atoms with E-state index < -0.39 is 10.0 Å². The van der Waals surface area contributed by atoms with Crippen molar-refractivity contribution in [1.82, 2.24) is 9.21 Å². The fourth-order valence-electron chi connectivity index (χ4n) is 5.28. The topological polar surface area (TPSA) is 57.7 Å². The number of fused-ring (bicyclic) bond motifs is 1. The number of nitrogens with zero attached hydrogens (tertiary/aromatic N) is 2. The van der Waals surface area contributed by atoms with Crippen LogP contribution in [0.1, 0.15) is 54.8 Å². The second-order valence-corrected chi connectivity index (χ2v) is 11.4. The number of piperidine rings is 1. The molecule has 0 radical (unpaired) electrons. The lowest BCUT2D eigenvalue weighted by atomic mass is 9.95. The van der Waals surface area contributed by atoms with Crippen LogP contribution < -0.4 is 0 Å². The molecule has 1 aliphatic carbocycles. The van der Waals surface area contributed by atoms with Gasteiger partial charge in [-0.2, -0.15) is 15.6 Å². The quantitative estimate of drug-likeness (QED) is 0.716. The number of amides is 1. The molecule has 0 spiro atoms. The van der Waals surface area contributed by atoms with Crippen molar-refractivity contribution in [2.45, 2.75) is 55.9 Å².